The van der Waals surface area contributed by atoms with Gasteiger partial charge in [0, 0.05) is 24.8 Å². The van der Waals surface area contributed by atoms with Crippen LogP contribution in [0.4, 0.5) is 5.82 Å². The molecule has 0 saturated heterocycles. The van der Waals surface area contributed by atoms with Gasteiger partial charge in [-0.3, -0.25) is 9.59 Å². The van der Waals surface area contributed by atoms with Crippen molar-refractivity contribution in [3.8, 4) is 0 Å². The fourth-order valence-corrected chi connectivity index (χ4v) is 1.72. The Morgan fingerprint density at radius 2 is 2.00 bits per heavy atom. The number of hydrogen-bond acceptors (Lipinski definition) is 4. The molecule has 0 spiro atoms. The van der Waals surface area contributed by atoms with E-state index in [0.29, 0.717) is 11.4 Å². The molecule has 0 fully saturated rings. The normalized spacial score (nSPS) is 11.0. The van der Waals surface area contributed by atoms with Crippen LogP contribution in [-0.4, -0.2) is 30.4 Å². The molecule has 21 heavy (non-hydrogen) atoms. The number of primary amides is 1. The van der Waals surface area contributed by atoms with Crippen LogP contribution in [0.15, 0.2) is 12.1 Å². The van der Waals surface area contributed by atoms with Gasteiger partial charge >= 0.3 is 0 Å². The van der Waals surface area contributed by atoms with Crippen molar-refractivity contribution in [3.05, 3.63) is 23.4 Å². The fourth-order valence-electron chi connectivity index (χ4n) is 1.72. The Hall–Kier alpha value is -2.11. The second-order valence-corrected chi connectivity index (χ2v) is 5.66. The van der Waals surface area contributed by atoms with Crippen LogP contribution in [0.25, 0.3) is 0 Å². The van der Waals surface area contributed by atoms with E-state index >= 15 is 0 Å². The predicted molar refractivity (Wildman–Crippen MR) is 83.1 cm³/mol. The monoisotopic (exact) mass is 292 g/mol. The van der Waals surface area contributed by atoms with Gasteiger partial charge in [0.25, 0.3) is 5.91 Å². The molecule has 1 heterocycles. The summed E-state index contributed by atoms with van der Waals surface area (Å²) in [6.45, 7) is 5.65. The van der Waals surface area contributed by atoms with E-state index < -0.39 is 11.3 Å². The van der Waals surface area contributed by atoms with Gasteiger partial charge in [0.05, 0.1) is 5.41 Å². The number of carbonyl (C=O) groups excluding carboxylic acids is 2. The summed E-state index contributed by atoms with van der Waals surface area (Å²) >= 11 is 0. The number of amides is 2. The third kappa shape index (κ3) is 4.73. The summed E-state index contributed by atoms with van der Waals surface area (Å²) in [6.07, 6.45) is 1.76. The molecule has 0 aliphatic rings. The van der Waals surface area contributed by atoms with E-state index in [1.54, 1.807) is 33.0 Å². The molecule has 116 valence electrons. The van der Waals surface area contributed by atoms with Crippen molar-refractivity contribution in [2.75, 3.05) is 18.9 Å². The van der Waals surface area contributed by atoms with E-state index in [0.717, 1.165) is 18.5 Å². The molecular weight excluding hydrogens is 268 g/mol. The number of anilines is 1. The molecule has 0 unspecified atom stereocenters. The molecule has 6 nitrogen and oxygen atoms in total. The number of aryl methyl sites for hydroxylation is 1. The van der Waals surface area contributed by atoms with Crippen LogP contribution in [-0.2, 0) is 11.2 Å². The summed E-state index contributed by atoms with van der Waals surface area (Å²) in [4.78, 5) is 27.9. The molecule has 1 rings (SSSR count). The topological polar surface area (TPSA) is 97.1 Å². The molecule has 1 aromatic heterocycles. The van der Waals surface area contributed by atoms with Crippen molar-refractivity contribution >= 4 is 17.6 Å². The Bertz CT molecular complexity index is 526. The van der Waals surface area contributed by atoms with Crippen molar-refractivity contribution in [2.45, 2.75) is 33.6 Å². The maximum absolute atomic E-state index is 12.2. The third-order valence-electron chi connectivity index (χ3n) is 3.26. The van der Waals surface area contributed by atoms with E-state index in [2.05, 4.69) is 22.5 Å². The number of nitrogens with one attached hydrogen (secondary N) is 2. The molecule has 0 atom stereocenters. The lowest BCUT2D eigenvalue weighted by Crippen LogP contribution is -2.42. The SMILES string of the molecule is CCCc1cc(C(=O)NCC(C)(C)C(N)=O)cc(NC)n1. The smallest absolute Gasteiger partial charge is 0.251 e. The number of pyridine rings is 1. The first kappa shape index (κ1) is 16.9. The number of rotatable bonds is 7. The summed E-state index contributed by atoms with van der Waals surface area (Å²) in [5.41, 5.74) is 5.91. The Labute approximate surface area is 125 Å². The summed E-state index contributed by atoms with van der Waals surface area (Å²) in [6, 6.07) is 3.46. The first-order chi connectivity index (χ1) is 9.80. The number of aromatic nitrogens is 1. The second kappa shape index (κ2) is 7.06. The zero-order valence-electron chi connectivity index (χ0n) is 13.1. The van der Waals surface area contributed by atoms with Crippen LogP contribution >= 0.6 is 0 Å². The van der Waals surface area contributed by atoms with Crippen molar-refractivity contribution < 1.29 is 9.59 Å². The van der Waals surface area contributed by atoms with Crippen LogP contribution in [0.3, 0.4) is 0 Å². The molecule has 4 N–H and O–H groups in total. The van der Waals surface area contributed by atoms with Crippen LogP contribution in [0.1, 0.15) is 43.2 Å². The van der Waals surface area contributed by atoms with Crippen molar-refractivity contribution in [2.24, 2.45) is 11.1 Å². The van der Waals surface area contributed by atoms with Gasteiger partial charge in [0.15, 0.2) is 0 Å². The molecule has 0 aromatic carbocycles. The summed E-state index contributed by atoms with van der Waals surface area (Å²) in [7, 11) is 1.76. The van der Waals surface area contributed by atoms with Crippen LogP contribution in [0.5, 0.6) is 0 Å². The highest BCUT2D eigenvalue weighted by Gasteiger charge is 2.25. The summed E-state index contributed by atoms with van der Waals surface area (Å²) < 4.78 is 0. The Balaban J connectivity index is 2.86. The van der Waals surface area contributed by atoms with Gasteiger partial charge in [0.1, 0.15) is 5.82 Å². The van der Waals surface area contributed by atoms with E-state index in [1.807, 2.05) is 0 Å². The molecule has 1 aromatic rings. The standard InChI is InChI=1S/C15H24N4O2/c1-5-6-11-7-10(8-12(17-4)19-11)13(20)18-9-15(2,3)14(16)21/h7-8H,5-6,9H2,1-4H3,(H2,16,21)(H,17,19)(H,18,20). The average Bonchev–Trinajstić information content (AvgIpc) is 2.44. The lowest BCUT2D eigenvalue weighted by atomic mass is 9.92. The summed E-state index contributed by atoms with van der Waals surface area (Å²) in [5.74, 6) is -0.0269. The van der Waals surface area contributed by atoms with Crippen LogP contribution < -0.4 is 16.4 Å². The van der Waals surface area contributed by atoms with Gasteiger partial charge in [-0.25, -0.2) is 4.98 Å². The first-order valence-corrected chi connectivity index (χ1v) is 7.07. The highest BCUT2D eigenvalue weighted by atomic mass is 16.2. The lowest BCUT2D eigenvalue weighted by Gasteiger charge is -2.20. The third-order valence-corrected chi connectivity index (χ3v) is 3.26. The van der Waals surface area contributed by atoms with E-state index in [1.165, 1.54) is 0 Å². The summed E-state index contributed by atoms with van der Waals surface area (Å²) in [5, 5.41) is 5.69. The zero-order chi connectivity index (χ0) is 16.0. The largest absolute Gasteiger partial charge is 0.373 e. The minimum Gasteiger partial charge on any atom is -0.373 e. The van der Waals surface area contributed by atoms with Gasteiger partial charge < -0.3 is 16.4 Å². The second-order valence-electron chi connectivity index (χ2n) is 5.66. The van der Waals surface area contributed by atoms with Gasteiger partial charge in [-0.05, 0) is 32.4 Å². The number of hydrogen-bond donors (Lipinski definition) is 3. The number of nitrogens with two attached hydrogens (primary N) is 1. The number of nitrogens with zero attached hydrogens (tertiary/aromatic N) is 1. The van der Waals surface area contributed by atoms with Crippen molar-refractivity contribution in [1.82, 2.24) is 10.3 Å². The zero-order valence-corrected chi connectivity index (χ0v) is 13.1. The van der Waals surface area contributed by atoms with Crippen molar-refractivity contribution in [1.29, 1.82) is 0 Å². The molecule has 0 aliphatic heterocycles. The highest BCUT2D eigenvalue weighted by molar-refractivity contribution is 5.95. The van der Waals surface area contributed by atoms with Gasteiger partial charge in [-0.2, -0.15) is 0 Å². The van der Waals surface area contributed by atoms with E-state index in [4.69, 9.17) is 5.73 Å². The molecular formula is C15H24N4O2. The van der Waals surface area contributed by atoms with Crippen LogP contribution in [0, 0.1) is 5.41 Å². The Morgan fingerprint density at radius 3 is 2.52 bits per heavy atom. The molecule has 0 radical (unpaired) electrons. The highest BCUT2D eigenvalue weighted by Crippen LogP contribution is 2.14. The number of carbonyl (C=O) groups is 2. The minimum atomic E-state index is -0.777. The van der Waals surface area contributed by atoms with Gasteiger partial charge in [-0.1, -0.05) is 13.3 Å². The van der Waals surface area contributed by atoms with E-state index in [9.17, 15) is 9.59 Å². The molecule has 0 bridgehead atoms. The molecule has 6 heteroatoms. The fraction of sp³-hybridized carbons (Fsp3) is 0.533. The first-order valence-electron chi connectivity index (χ1n) is 7.07. The minimum absolute atomic E-state index is 0.196. The molecule has 0 saturated carbocycles. The Morgan fingerprint density at radius 1 is 1.33 bits per heavy atom. The average molecular weight is 292 g/mol. The van der Waals surface area contributed by atoms with E-state index in [-0.39, 0.29) is 12.5 Å². The lowest BCUT2D eigenvalue weighted by molar-refractivity contribution is -0.125. The predicted octanol–water partition coefficient (Wildman–Crippen LogP) is 1.32. The molecule has 2 amide bonds. The van der Waals surface area contributed by atoms with Crippen LogP contribution in [0.2, 0.25) is 0 Å². The van der Waals surface area contributed by atoms with Gasteiger partial charge in [-0.15, -0.1) is 0 Å². The maximum Gasteiger partial charge on any atom is 0.251 e. The van der Waals surface area contributed by atoms with Gasteiger partial charge in [0.2, 0.25) is 5.91 Å². The Kier molecular flexibility index (Phi) is 5.69. The molecule has 0 aliphatic carbocycles. The van der Waals surface area contributed by atoms with Crippen molar-refractivity contribution in [3.63, 3.8) is 0 Å². The quantitative estimate of drug-likeness (QED) is 0.706. The maximum atomic E-state index is 12.2.